The van der Waals surface area contributed by atoms with Crippen molar-refractivity contribution in [3.8, 4) is 0 Å². The van der Waals surface area contributed by atoms with Crippen molar-refractivity contribution in [2.45, 2.75) is 70.1 Å². The molecule has 2 rings (SSSR count). The summed E-state index contributed by atoms with van der Waals surface area (Å²) in [6.45, 7) is 12.8. The summed E-state index contributed by atoms with van der Waals surface area (Å²) in [6.07, 6.45) is 0. The first-order valence-corrected chi connectivity index (χ1v) is 11.4. The summed E-state index contributed by atoms with van der Waals surface area (Å²) < 4.78 is 29.6. The van der Waals surface area contributed by atoms with Crippen molar-refractivity contribution in [2.24, 2.45) is 0 Å². The molecule has 1 aromatic heterocycles. The van der Waals surface area contributed by atoms with Gasteiger partial charge < -0.3 is 10.4 Å². The molecule has 0 fully saturated rings. The van der Waals surface area contributed by atoms with Gasteiger partial charge in [-0.15, -0.1) is 11.3 Å². The Balaban J connectivity index is 2.27. The molecule has 3 N–H and O–H groups in total. The first-order valence-electron chi connectivity index (χ1n) is 9.47. The fourth-order valence-corrected chi connectivity index (χ4v) is 5.38. The van der Waals surface area contributed by atoms with Crippen LogP contribution in [0.3, 0.4) is 0 Å². The van der Waals surface area contributed by atoms with Crippen LogP contribution < -0.4 is 10.0 Å². The Labute approximate surface area is 178 Å². The molecule has 2 aromatic rings. The Morgan fingerprint density at radius 3 is 2.07 bits per heavy atom. The highest BCUT2D eigenvalue weighted by atomic mass is 32.2. The third-order valence-corrected chi connectivity index (χ3v) is 6.97. The van der Waals surface area contributed by atoms with E-state index in [9.17, 15) is 18.5 Å². The molecule has 5 nitrogen and oxygen atoms in total. The predicted molar refractivity (Wildman–Crippen MR) is 117 cm³/mol. The predicted octanol–water partition coefficient (Wildman–Crippen LogP) is 5.51. The van der Waals surface area contributed by atoms with Crippen molar-refractivity contribution in [2.75, 3.05) is 5.32 Å². The summed E-state index contributed by atoms with van der Waals surface area (Å²) in [5, 5.41) is 13.0. The number of urea groups is 1. The number of benzene rings is 1. The van der Waals surface area contributed by atoms with Crippen molar-refractivity contribution in [1.29, 1.82) is 0 Å². The van der Waals surface area contributed by atoms with E-state index in [1.807, 2.05) is 34.6 Å². The molecule has 1 heterocycles. The lowest BCUT2D eigenvalue weighted by atomic mass is 9.92. The molecular formula is C21H29FN2O3S2. The SMILES string of the molecule is Cc1sc(S(=O)NC(=O)Nc2c(C(C)C)cc(F)cc2C(C)C)cc1C(C)(C)O. The summed E-state index contributed by atoms with van der Waals surface area (Å²) in [5.41, 5.74) is 1.54. The van der Waals surface area contributed by atoms with Crippen molar-refractivity contribution in [3.63, 3.8) is 0 Å². The van der Waals surface area contributed by atoms with Crippen LogP contribution in [0.15, 0.2) is 22.4 Å². The zero-order valence-electron chi connectivity index (χ0n) is 17.8. The molecule has 0 aliphatic carbocycles. The lowest BCUT2D eigenvalue weighted by Crippen LogP contribution is -2.31. The zero-order chi connectivity index (χ0) is 22.1. The summed E-state index contributed by atoms with van der Waals surface area (Å²) in [4.78, 5) is 13.4. The molecule has 1 atom stereocenters. The van der Waals surface area contributed by atoms with Gasteiger partial charge >= 0.3 is 6.03 Å². The second-order valence-corrected chi connectivity index (χ2v) is 10.9. The minimum atomic E-state index is -1.78. The van der Waals surface area contributed by atoms with Crippen LogP contribution in [-0.4, -0.2) is 15.3 Å². The fourth-order valence-electron chi connectivity index (χ4n) is 3.13. The molecule has 0 radical (unpaired) electrons. The van der Waals surface area contributed by atoms with Crippen molar-refractivity contribution in [1.82, 2.24) is 4.72 Å². The molecule has 0 aliphatic heterocycles. The van der Waals surface area contributed by atoms with Crippen molar-refractivity contribution >= 4 is 34.0 Å². The Bertz CT molecular complexity index is 901. The standard InChI is InChI=1S/C21H29FN2O3S2/c1-11(2)15-8-14(22)9-16(12(3)4)19(15)23-20(25)24-29(27)18-10-17(13(5)28-18)21(6,7)26/h8-12,26H,1-7H3,(H2,23,24,25). The second-order valence-electron chi connectivity index (χ2n) is 8.19. The molecular weight excluding hydrogens is 411 g/mol. The maximum atomic E-state index is 14.0. The van der Waals surface area contributed by atoms with E-state index in [1.165, 1.54) is 23.5 Å². The average molecular weight is 441 g/mol. The highest BCUT2D eigenvalue weighted by Gasteiger charge is 2.24. The molecule has 29 heavy (non-hydrogen) atoms. The fraction of sp³-hybridized carbons (Fsp3) is 0.476. The van der Waals surface area contributed by atoms with Gasteiger partial charge in [-0.1, -0.05) is 27.7 Å². The zero-order valence-corrected chi connectivity index (χ0v) is 19.5. The third kappa shape index (κ3) is 5.65. The van der Waals surface area contributed by atoms with E-state index in [-0.39, 0.29) is 17.7 Å². The number of hydrogen-bond donors (Lipinski definition) is 3. The van der Waals surface area contributed by atoms with Gasteiger partial charge in [-0.05, 0) is 67.5 Å². The van der Waals surface area contributed by atoms with Gasteiger partial charge in [0.25, 0.3) is 0 Å². The molecule has 2 amide bonds. The number of carbonyl (C=O) groups excluding carboxylic acids is 1. The van der Waals surface area contributed by atoms with Crippen LogP contribution in [0, 0.1) is 12.7 Å². The van der Waals surface area contributed by atoms with E-state index in [0.717, 1.165) is 4.88 Å². The van der Waals surface area contributed by atoms with Gasteiger partial charge in [0.05, 0.1) is 5.60 Å². The number of nitrogens with one attached hydrogen (secondary N) is 2. The van der Waals surface area contributed by atoms with E-state index in [1.54, 1.807) is 19.9 Å². The van der Waals surface area contributed by atoms with Gasteiger partial charge in [-0.2, -0.15) is 0 Å². The normalized spacial score (nSPS) is 13.1. The van der Waals surface area contributed by atoms with Gasteiger partial charge in [0.15, 0.2) is 11.0 Å². The smallest absolute Gasteiger partial charge is 0.331 e. The van der Waals surface area contributed by atoms with Gasteiger partial charge in [-0.25, -0.2) is 13.4 Å². The van der Waals surface area contributed by atoms with Crippen LogP contribution in [0.5, 0.6) is 0 Å². The van der Waals surface area contributed by atoms with Crippen LogP contribution in [0.4, 0.5) is 14.9 Å². The maximum Gasteiger partial charge on any atom is 0.331 e. The van der Waals surface area contributed by atoms with Crippen LogP contribution in [0.1, 0.15) is 74.9 Å². The Kier molecular flexibility index (Phi) is 7.24. The Hall–Kier alpha value is -1.77. The molecule has 1 aromatic carbocycles. The van der Waals surface area contributed by atoms with Gasteiger partial charge in [-0.3, -0.25) is 4.72 Å². The van der Waals surface area contributed by atoms with E-state index in [0.29, 0.717) is 26.6 Å². The van der Waals surface area contributed by atoms with Crippen LogP contribution in [0.2, 0.25) is 0 Å². The van der Waals surface area contributed by atoms with Crippen LogP contribution in [-0.2, 0) is 16.6 Å². The Morgan fingerprint density at radius 1 is 1.14 bits per heavy atom. The Morgan fingerprint density at radius 2 is 1.66 bits per heavy atom. The molecule has 0 saturated carbocycles. The molecule has 0 spiro atoms. The molecule has 160 valence electrons. The van der Waals surface area contributed by atoms with Gasteiger partial charge in [0.1, 0.15) is 10.0 Å². The third-order valence-electron chi connectivity index (χ3n) is 4.57. The lowest BCUT2D eigenvalue weighted by molar-refractivity contribution is 0.0783. The molecule has 0 saturated heterocycles. The first kappa shape index (κ1) is 23.5. The van der Waals surface area contributed by atoms with Crippen LogP contribution >= 0.6 is 11.3 Å². The minimum Gasteiger partial charge on any atom is -0.386 e. The summed E-state index contributed by atoms with van der Waals surface area (Å²) >= 11 is 1.26. The van der Waals surface area contributed by atoms with Gasteiger partial charge in [0, 0.05) is 10.6 Å². The van der Waals surface area contributed by atoms with Crippen LogP contribution in [0.25, 0.3) is 0 Å². The highest BCUT2D eigenvalue weighted by molar-refractivity contribution is 7.86. The number of aryl methyl sites for hydroxylation is 1. The number of amides is 2. The first-order chi connectivity index (χ1) is 13.3. The van der Waals surface area contributed by atoms with E-state index >= 15 is 0 Å². The lowest BCUT2D eigenvalue weighted by Gasteiger charge is -2.20. The van der Waals surface area contributed by atoms with E-state index in [2.05, 4.69) is 10.0 Å². The highest BCUT2D eigenvalue weighted by Crippen LogP contribution is 2.34. The summed E-state index contributed by atoms with van der Waals surface area (Å²) in [6, 6.07) is 3.85. The number of rotatable bonds is 6. The maximum absolute atomic E-state index is 14.0. The molecule has 1 unspecified atom stereocenters. The molecule has 0 aliphatic rings. The number of hydrogen-bond acceptors (Lipinski definition) is 4. The van der Waals surface area contributed by atoms with E-state index < -0.39 is 22.6 Å². The number of thiophene rings is 1. The second kappa shape index (κ2) is 8.93. The topological polar surface area (TPSA) is 78.4 Å². The summed E-state index contributed by atoms with van der Waals surface area (Å²) in [7, 11) is -1.78. The average Bonchev–Trinajstić information content (AvgIpc) is 2.97. The largest absolute Gasteiger partial charge is 0.386 e. The minimum absolute atomic E-state index is 0.00159. The van der Waals surface area contributed by atoms with Crippen molar-refractivity contribution in [3.05, 3.63) is 45.6 Å². The molecule has 0 bridgehead atoms. The van der Waals surface area contributed by atoms with E-state index in [4.69, 9.17) is 0 Å². The quantitative estimate of drug-likeness (QED) is 0.554. The van der Waals surface area contributed by atoms with Crippen molar-refractivity contribution < 1.29 is 18.5 Å². The molecule has 8 heteroatoms. The van der Waals surface area contributed by atoms with Gasteiger partial charge in [0.2, 0.25) is 0 Å². The number of anilines is 1. The monoisotopic (exact) mass is 440 g/mol. The number of carbonyl (C=O) groups is 1. The number of halogens is 1. The number of aliphatic hydroxyl groups is 1. The summed E-state index contributed by atoms with van der Waals surface area (Å²) in [5.74, 6) is -0.350.